The summed E-state index contributed by atoms with van der Waals surface area (Å²) in [7, 11) is 1.91. The first-order valence-electron chi connectivity index (χ1n) is 5.20. The Bertz CT molecular complexity index is 671. The second-order valence-electron chi connectivity index (χ2n) is 3.80. The largest absolute Gasteiger partial charge is 0.327 e. The van der Waals surface area contributed by atoms with Gasteiger partial charge in [0, 0.05) is 7.05 Å². The predicted octanol–water partition coefficient (Wildman–Crippen LogP) is 2.57. The molecule has 17 heavy (non-hydrogen) atoms. The van der Waals surface area contributed by atoms with E-state index >= 15 is 0 Å². The third kappa shape index (κ3) is 1.58. The molecule has 0 saturated carbocycles. The molecule has 2 heterocycles. The highest BCUT2D eigenvalue weighted by Crippen LogP contribution is 2.24. The second kappa shape index (κ2) is 3.66. The van der Waals surface area contributed by atoms with Crippen LogP contribution in [0.1, 0.15) is 0 Å². The van der Waals surface area contributed by atoms with Gasteiger partial charge in [0.25, 0.3) is 0 Å². The number of benzene rings is 1. The van der Waals surface area contributed by atoms with E-state index in [0.29, 0.717) is 0 Å². The van der Waals surface area contributed by atoms with Crippen molar-refractivity contribution in [3.63, 3.8) is 0 Å². The first-order chi connectivity index (χ1) is 8.25. The van der Waals surface area contributed by atoms with Gasteiger partial charge >= 0.3 is 0 Å². The molecule has 3 nitrogen and oxygen atoms in total. The molecule has 83 valence electrons. The Hall–Kier alpha value is -2.23. The van der Waals surface area contributed by atoms with Crippen LogP contribution in [-0.2, 0) is 7.05 Å². The van der Waals surface area contributed by atoms with Gasteiger partial charge in [0.15, 0.2) is 5.65 Å². The normalized spacial score (nSPS) is 10.9. The maximum Gasteiger partial charge on any atom is 0.158 e. The van der Waals surface area contributed by atoms with Crippen LogP contribution >= 0.6 is 0 Å². The van der Waals surface area contributed by atoms with Crippen molar-refractivity contribution in [2.24, 2.45) is 7.05 Å². The van der Waals surface area contributed by atoms with Crippen LogP contribution < -0.4 is 0 Å². The van der Waals surface area contributed by atoms with Crippen LogP contribution in [-0.4, -0.2) is 14.5 Å². The Morgan fingerprint density at radius 1 is 1.24 bits per heavy atom. The van der Waals surface area contributed by atoms with E-state index in [-0.39, 0.29) is 5.82 Å². The van der Waals surface area contributed by atoms with Crippen molar-refractivity contribution in [2.45, 2.75) is 0 Å². The summed E-state index contributed by atoms with van der Waals surface area (Å²) >= 11 is 0. The maximum absolute atomic E-state index is 12.9. The molecule has 0 fully saturated rings. The van der Waals surface area contributed by atoms with Gasteiger partial charge in [-0.3, -0.25) is 0 Å². The molecule has 1 radical (unpaired) electrons. The highest BCUT2D eigenvalue weighted by molar-refractivity contribution is 5.80. The molecule has 0 spiro atoms. The summed E-state index contributed by atoms with van der Waals surface area (Å²) in [6, 6.07) is 8.30. The van der Waals surface area contributed by atoms with Crippen LogP contribution in [0.15, 0.2) is 36.5 Å². The predicted molar refractivity (Wildman–Crippen MR) is 62.7 cm³/mol. The Morgan fingerprint density at radius 3 is 2.71 bits per heavy atom. The first-order valence-corrected chi connectivity index (χ1v) is 5.20. The lowest BCUT2D eigenvalue weighted by atomic mass is 10.1. The fourth-order valence-electron chi connectivity index (χ4n) is 1.90. The van der Waals surface area contributed by atoms with Gasteiger partial charge in [0.05, 0.1) is 11.9 Å². The lowest BCUT2D eigenvalue weighted by Gasteiger charge is -2.03. The number of nitrogens with zero attached hydrogens (tertiary/aromatic N) is 3. The van der Waals surface area contributed by atoms with Crippen molar-refractivity contribution in [2.75, 3.05) is 0 Å². The average Bonchev–Trinajstić information content (AvgIpc) is 2.69. The van der Waals surface area contributed by atoms with E-state index in [1.165, 1.54) is 18.3 Å². The molecule has 0 unspecified atom stereocenters. The van der Waals surface area contributed by atoms with Crippen molar-refractivity contribution >= 4 is 11.2 Å². The number of hydrogen-bond donors (Lipinski definition) is 0. The topological polar surface area (TPSA) is 30.7 Å². The summed E-state index contributed by atoms with van der Waals surface area (Å²) in [5.41, 5.74) is 3.48. The second-order valence-corrected chi connectivity index (χ2v) is 3.80. The van der Waals surface area contributed by atoms with Gasteiger partial charge in [0.1, 0.15) is 17.5 Å². The third-order valence-electron chi connectivity index (χ3n) is 2.75. The highest BCUT2D eigenvalue weighted by Gasteiger charge is 2.09. The van der Waals surface area contributed by atoms with Gasteiger partial charge in [-0.25, -0.2) is 14.4 Å². The van der Waals surface area contributed by atoms with Crippen LogP contribution in [0.4, 0.5) is 4.39 Å². The van der Waals surface area contributed by atoms with Crippen molar-refractivity contribution in [3.8, 4) is 11.3 Å². The molecule has 0 N–H and O–H groups in total. The Kier molecular flexibility index (Phi) is 2.14. The molecule has 2 aromatic heterocycles. The summed E-state index contributed by atoms with van der Waals surface area (Å²) in [5, 5.41) is 0. The van der Waals surface area contributed by atoms with Crippen LogP contribution in [0, 0.1) is 12.0 Å². The van der Waals surface area contributed by atoms with Gasteiger partial charge in [0.2, 0.25) is 0 Å². The van der Waals surface area contributed by atoms with Crippen molar-refractivity contribution in [1.82, 2.24) is 14.5 Å². The minimum Gasteiger partial charge on any atom is -0.327 e. The minimum absolute atomic E-state index is 0.239. The zero-order valence-electron chi connectivity index (χ0n) is 9.18. The lowest BCUT2D eigenvalue weighted by molar-refractivity contribution is 0.628. The van der Waals surface area contributed by atoms with E-state index in [1.807, 2.05) is 17.7 Å². The Labute approximate surface area is 97.6 Å². The van der Waals surface area contributed by atoms with Gasteiger partial charge < -0.3 is 4.57 Å². The van der Waals surface area contributed by atoms with Crippen molar-refractivity contribution < 1.29 is 4.39 Å². The van der Waals surface area contributed by atoms with Gasteiger partial charge in [-0.2, -0.15) is 0 Å². The zero-order chi connectivity index (χ0) is 11.8. The van der Waals surface area contributed by atoms with Crippen molar-refractivity contribution in [3.05, 3.63) is 48.5 Å². The molecular weight excluding hydrogens is 217 g/mol. The zero-order valence-corrected chi connectivity index (χ0v) is 9.18. The molecule has 1 aromatic carbocycles. The van der Waals surface area contributed by atoms with E-state index < -0.39 is 0 Å². The quantitative estimate of drug-likeness (QED) is 0.638. The smallest absolute Gasteiger partial charge is 0.158 e. The summed E-state index contributed by atoms with van der Waals surface area (Å²) < 4.78 is 14.8. The summed E-state index contributed by atoms with van der Waals surface area (Å²) in [4.78, 5) is 8.34. The first kappa shape index (κ1) is 9.96. The molecule has 0 aliphatic carbocycles. The summed E-state index contributed by atoms with van der Waals surface area (Å²) in [6.45, 7) is 0. The molecule has 0 bridgehead atoms. The molecule has 3 rings (SSSR count). The Morgan fingerprint density at radius 2 is 2.00 bits per heavy atom. The molecule has 0 atom stereocenters. The molecule has 3 aromatic rings. The molecule has 0 amide bonds. The Balaban J connectivity index is 2.24. The van der Waals surface area contributed by atoms with Gasteiger partial charge in [-0.1, -0.05) is 0 Å². The third-order valence-corrected chi connectivity index (χ3v) is 2.75. The van der Waals surface area contributed by atoms with Crippen LogP contribution in [0.25, 0.3) is 22.4 Å². The number of hydrogen-bond acceptors (Lipinski definition) is 2. The molecule has 4 heteroatoms. The SMILES string of the molecule is Cn1c(-c2ccc(F)cc2)cc2n[c]cnc21. The number of halogens is 1. The van der Waals surface area contributed by atoms with Crippen LogP contribution in [0.3, 0.4) is 0 Å². The maximum atomic E-state index is 12.9. The standard InChI is InChI=1S/C13H9FN3/c1-17-12(9-2-4-10(14)5-3-9)8-11-13(17)16-7-6-15-11/h2-5,7-8H,1H3. The van der Waals surface area contributed by atoms with E-state index in [9.17, 15) is 4.39 Å². The van der Waals surface area contributed by atoms with Crippen molar-refractivity contribution in [1.29, 1.82) is 0 Å². The van der Waals surface area contributed by atoms with E-state index in [1.54, 1.807) is 12.1 Å². The number of rotatable bonds is 1. The monoisotopic (exact) mass is 226 g/mol. The molecule has 0 aliphatic heterocycles. The van der Waals surface area contributed by atoms with Crippen LogP contribution in [0.2, 0.25) is 0 Å². The number of fused-ring (bicyclic) bond motifs is 1. The van der Waals surface area contributed by atoms with Crippen LogP contribution in [0.5, 0.6) is 0 Å². The lowest BCUT2D eigenvalue weighted by Crippen LogP contribution is -1.93. The number of aryl methyl sites for hydroxylation is 1. The average molecular weight is 226 g/mol. The van der Waals surface area contributed by atoms with E-state index in [0.717, 1.165) is 22.4 Å². The fourth-order valence-corrected chi connectivity index (χ4v) is 1.90. The fraction of sp³-hybridized carbons (Fsp3) is 0.0769. The van der Waals surface area contributed by atoms with E-state index in [4.69, 9.17) is 0 Å². The number of aromatic nitrogens is 3. The van der Waals surface area contributed by atoms with Gasteiger partial charge in [-0.05, 0) is 35.9 Å². The summed E-state index contributed by atoms with van der Waals surface area (Å²) in [5.74, 6) is -0.239. The molecular formula is C13H9FN3. The molecule has 0 saturated heterocycles. The van der Waals surface area contributed by atoms with E-state index in [2.05, 4.69) is 16.2 Å². The summed E-state index contributed by atoms with van der Waals surface area (Å²) in [6.07, 6.45) is 4.24. The van der Waals surface area contributed by atoms with Gasteiger partial charge in [-0.15, -0.1) is 0 Å². The molecule has 0 aliphatic rings. The minimum atomic E-state index is -0.239. The highest BCUT2D eigenvalue weighted by atomic mass is 19.1.